The van der Waals surface area contributed by atoms with Crippen molar-refractivity contribution in [2.24, 2.45) is 0 Å². The molecule has 0 aliphatic rings. The Bertz CT molecular complexity index is 362. The van der Waals surface area contributed by atoms with Gasteiger partial charge in [0.1, 0.15) is 23.9 Å². The highest BCUT2D eigenvalue weighted by Gasteiger charge is 2.15. The second kappa shape index (κ2) is 5.51. The third-order valence-corrected chi connectivity index (χ3v) is 2.26. The average Bonchev–Trinajstić information content (AvgIpc) is 2.28. The van der Waals surface area contributed by atoms with Crippen molar-refractivity contribution in [3.8, 4) is 11.5 Å². The van der Waals surface area contributed by atoms with E-state index in [-0.39, 0.29) is 11.9 Å². The first-order valence-corrected chi connectivity index (χ1v) is 5.06. The third kappa shape index (κ3) is 2.97. The molecule has 0 saturated heterocycles. The quantitative estimate of drug-likeness (QED) is 0.778. The summed E-state index contributed by atoms with van der Waals surface area (Å²) in [7, 11) is 1.55. The van der Waals surface area contributed by atoms with Crippen LogP contribution in [0.3, 0.4) is 0 Å². The number of carbonyl (C=O) groups excluding carboxylic acids is 1. The van der Waals surface area contributed by atoms with Crippen molar-refractivity contribution in [3.63, 3.8) is 0 Å². The lowest BCUT2D eigenvalue weighted by Crippen LogP contribution is -2.13. The third-order valence-electron chi connectivity index (χ3n) is 2.26. The molecule has 0 fully saturated rings. The predicted molar refractivity (Wildman–Crippen MR) is 59.7 cm³/mol. The Labute approximate surface area is 94.8 Å². The summed E-state index contributed by atoms with van der Waals surface area (Å²) in [5.41, 5.74) is 0.719. The van der Waals surface area contributed by atoms with Gasteiger partial charge in [-0.1, -0.05) is 0 Å². The zero-order valence-corrected chi connectivity index (χ0v) is 9.64. The first-order chi connectivity index (χ1) is 7.58. The number of methoxy groups -OCH3 is 1. The maximum atomic E-state index is 10.5. The second-order valence-electron chi connectivity index (χ2n) is 3.55. The number of ether oxygens (including phenoxy) is 2. The Morgan fingerprint density at radius 2 is 2.06 bits per heavy atom. The molecule has 88 valence electrons. The molecule has 0 heterocycles. The number of benzene rings is 1. The van der Waals surface area contributed by atoms with Crippen LogP contribution in [0, 0.1) is 0 Å². The SMILES string of the molecule is COc1ccc(O)cc1[C@H](C)O[C@@H](C)C=O. The van der Waals surface area contributed by atoms with E-state index in [2.05, 4.69) is 0 Å². The lowest BCUT2D eigenvalue weighted by atomic mass is 10.1. The van der Waals surface area contributed by atoms with Crippen molar-refractivity contribution in [2.75, 3.05) is 7.11 Å². The van der Waals surface area contributed by atoms with Gasteiger partial charge in [0.25, 0.3) is 0 Å². The lowest BCUT2D eigenvalue weighted by Gasteiger charge is -2.18. The van der Waals surface area contributed by atoms with Gasteiger partial charge in [0.05, 0.1) is 13.2 Å². The molecule has 1 aromatic rings. The van der Waals surface area contributed by atoms with Gasteiger partial charge < -0.3 is 19.4 Å². The van der Waals surface area contributed by atoms with Crippen molar-refractivity contribution in [2.45, 2.75) is 26.1 Å². The van der Waals surface area contributed by atoms with Gasteiger partial charge in [-0.3, -0.25) is 0 Å². The number of hydrogen-bond donors (Lipinski definition) is 1. The number of carbonyl (C=O) groups is 1. The minimum Gasteiger partial charge on any atom is -0.508 e. The van der Waals surface area contributed by atoms with Gasteiger partial charge in [0.2, 0.25) is 0 Å². The van der Waals surface area contributed by atoms with Gasteiger partial charge >= 0.3 is 0 Å². The highest BCUT2D eigenvalue weighted by atomic mass is 16.5. The molecular formula is C12H16O4. The fourth-order valence-corrected chi connectivity index (χ4v) is 1.47. The van der Waals surface area contributed by atoms with Crippen LogP contribution in [-0.2, 0) is 9.53 Å². The highest BCUT2D eigenvalue weighted by molar-refractivity contribution is 5.55. The fraction of sp³-hybridized carbons (Fsp3) is 0.417. The molecule has 0 aliphatic heterocycles. The fourth-order valence-electron chi connectivity index (χ4n) is 1.47. The van der Waals surface area contributed by atoms with Crippen molar-refractivity contribution in [1.29, 1.82) is 0 Å². The van der Waals surface area contributed by atoms with Gasteiger partial charge in [-0.15, -0.1) is 0 Å². The van der Waals surface area contributed by atoms with Crippen LogP contribution in [0.25, 0.3) is 0 Å². The lowest BCUT2D eigenvalue weighted by molar-refractivity contribution is -0.120. The van der Waals surface area contributed by atoms with Crippen LogP contribution in [-0.4, -0.2) is 24.6 Å². The van der Waals surface area contributed by atoms with E-state index in [1.54, 1.807) is 33.1 Å². The first kappa shape index (κ1) is 12.5. The van der Waals surface area contributed by atoms with Crippen molar-refractivity contribution < 1.29 is 19.4 Å². The van der Waals surface area contributed by atoms with Crippen LogP contribution < -0.4 is 4.74 Å². The van der Waals surface area contributed by atoms with E-state index in [4.69, 9.17) is 9.47 Å². The molecule has 0 amide bonds. The van der Waals surface area contributed by atoms with E-state index in [1.165, 1.54) is 6.07 Å². The molecule has 0 bridgehead atoms. The Balaban J connectivity index is 2.92. The minimum absolute atomic E-state index is 0.144. The summed E-state index contributed by atoms with van der Waals surface area (Å²) in [5, 5.41) is 9.39. The zero-order valence-electron chi connectivity index (χ0n) is 9.64. The monoisotopic (exact) mass is 224 g/mol. The number of hydrogen-bond acceptors (Lipinski definition) is 4. The van der Waals surface area contributed by atoms with Crippen LogP contribution in [0.1, 0.15) is 25.5 Å². The molecule has 4 heteroatoms. The largest absolute Gasteiger partial charge is 0.508 e. The van der Waals surface area contributed by atoms with E-state index in [0.717, 1.165) is 11.8 Å². The molecular weight excluding hydrogens is 208 g/mol. The molecule has 1 rings (SSSR count). The average molecular weight is 224 g/mol. The predicted octanol–water partition coefficient (Wildman–Crippen LogP) is 2.07. The van der Waals surface area contributed by atoms with Crippen LogP contribution in [0.5, 0.6) is 11.5 Å². The Morgan fingerprint density at radius 1 is 1.38 bits per heavy atom. The molecule has 4 nitrogen and oxygen atoms in total. The van der Waals surface area contributed by atoms with E-state index in [0.29, 0.717) is 5.75 Å². The van der Waals surface area contributed by atoms with Gasteiger partial charge in [0, 0.05) is 5.56 Å². The smallest absolute Gasteiger partial charge is 0.148 e. The van der Waals surface area contributed by atoms with Crippen molar-refractivity contribution >= 4 is 6.29 Å². The van der Waals surface area contributed by atoms with Gasteiger partial charge in [0.15, 0.2) is 0 Å². The molecule has 2 atom stereocenters. The van der Waals surface area contributed by atoms with Crippen molar-refractivity contribution in [3.05, 3.63) is 23.8 Å². The molecule has 1 N–H and O–H groups in total. The standard InChI is InChI=1S/C12H16O4/c1-8(7-13)16-9(2)11-6-10(14)4-5-12(11)15-3/h4-9,14H,1-3H3/t8-,9-/m0/s1. The molecule has 0 radical (unpaired) electrons. The number of phenolic OH excluding ortho intramolecular Hbond substituents is 1. The van der Waals surface area contributed by atoms with E-state index >= 15 is 0 Å². The molecule has 16 heavy (non-hydrogen) atoms. The Kier molecular flexibility index (Phi) is 4.31. The summed E-state index contributed by atoms with van der Waals surface area (Å²) in [6.07, 6.45) is -0.0736. The summed E-state index contributed by atoms with van der Waals surface area (Å²) >= 11 is 0. The molecule has 0 aromatic heterocycles. The van der Waals surface area contributed by atoms with Crippen LogP contribution >= 0.6 is 0 Å². The number of aromatic hydroxyl groups is 1. The number of aldehydes is 1. The van der Waals surface area contributed by atoms with Gasteiger partial charge in [-0.05, 0) is 32.0 Å². The normalized spacial score (nSPS) is 14.2. The van der Waals surface area contributed by atoms with E-state index in [9.17, 15) is 9.90 Å². The summed E-state index contributed by atoms with van der Waals surface area (Å²) in [4.78, 5) is 10.5. The summed E-state index contributed by atoms with van der Waals surface area (Å²) in [6.45, 7) is 3.47. The summed E-state index contributed by atoms with van der Waals surface area (Å²) < 4.78 is 10.6. The zero-order chi connectivity index (χ0) is 12.1. The maximum absolute atomic E-state index is 10.5. The van der Waals surface area contributed by atoms with E-state index < -0.39 is 6.10 Å². The van der Waals surface area contributed by atoms with Crippen molar-refractivity contribution in [1.82, 2.24) is 0 Å². The first-order valence-electron chi connectivity index (χ1n) is 5.06. The molecule has 0 aliphatic carbocycles. The van der Waals surface area contributed by atoms with Gasteiger partial charge in [-0.2, -0.15) is 0 Å². The topological polar surface area (TPSA) is 55.8 Å². The highest BCUT2D eigenvalue weighted by Crippen LogP contribution is 2.31. The second-order valence-corrected chi connectivity index (χ2v) is 3.55. The summed E-state index contributed by atoms with van der Waals surface area (Å²) in [6, 6.07) is 4.77. The number of phenols is 1. The van der Waals surface area contributed by atoms with Crippen LogP contribution in [0.2, 0.25) is 0 Å². The van der Waals surface area contributed by atoms with Crippen LogP contribution in [0.4, 0.5) is 0 Å². The Hall–Kier alpha value is -1.55. The Morgan fingerprint density at radius 3 is 2.62 bits per heavy atom. The van der Waals surface area contributed by atoms with Gasteiger partial charge in [-0.25, -0.2) is 0 Å². The molecule has 1 aromatic carbocycles. The number of rotatable bonds is 5. The molecule has 0 spiro atoms. The maximum Gasteiger partial charge on any atom is 0.148 e. The summed E-state index contributed by atoms with van der Waals surface area (Å²) in [5.74, 6) is 0.772. The minimum atomic E-state index is -0.484. The molecule has 0 saturated carbocycles. The van der Waals surface area contributed by atoms with Crippen LogP contribution in [0.15, 0.2) is 18.2 Å². The van der Waals surface area contributed by atoms with E-state index in [1.807, 2.05) is 0 Å². The molecule has 0 unspecified atom stereocenters.